The summed E-state index contributed by atoms with van der Waals surface area (Å²) in [6.45, 7) is 1.94. The van der Waals surface area contributed by atoms with Crippen LogP contribution in [0.25, 0.3) is 10.9 Å². The van der Waals surface area contributed by atoms with Crippen LogP contribution in [0, 0.1) is 6.92 Å². The molecule has 0 fully saturated rings. The number of carbonyl (C=O) groups is 2. The lowest BCUT2D eigenvalue weighted by Crippen LogP contribution is -2.17. The van der Waals surface area contributed by atoms with Gasteiger partial charge >= 0.3 is 5.97 Å². The number of rotatable bonds is 4. The van der Waals surface area contributed by atoms with Crippen LogP contribution in [0.3, 0.4) is 0 Å². The normalized spacial score (nSPS) is 10.5. The van der Waals surface area contributed by atoms with Crippen molar-refractivity contribution in [3.63, 3.8) is 0 Å². The molecular weight excluding hydrogens is 290 g/mol. The summed E-state index contributed by atoms with van der Waals surface area (Å²) >= 11 is 0. The molecule has 0 saturated heterocycles. The Morgan fingerprint density at radius 1 is 1.00 bits per heavy atom. The van der Waals surface area contributed by atoms with Gasteiger partial charge in [0.15, 0.2) is 0 Å². The zero-order valence-electron chi connectivity index (χ0n) is 12.7. The van der Waals surface area contributed by atoms with E-state index in [1.54, 1.807) is 30.5 Å². The van der Waals surface area contributed by atoms with Crippen LogP contribution < -0.4 is 0 Å². The third kappa shape index (κ3) is 3.26. The van der Waals surface area contributed by atoms with Crippen LogP contribution in [0.15, 0.2) is 60.8 Å². The number of aryl methyl sites for hydroxylation is 1. The minimum Gasteiger partial charge on any atom is -0.455 e. The van der Waals surface area contributed by atoms with Crippen LogP contribution in [0.1, 0.15) is 21.5 Å². The molecule has 0 radical (unpaired) electrons. The standard InChI is InChI=1S/C19H15NO3/c1-13-7-9-15(10-8-13)18(21)19(22)23-12-16-5-2-4-14-6-3-11-20-17(14)16/h2-11H,12H2,1H3. The zero-order chi connectivity index (χ0) is 16.2. The van der Waals surface area contributed by atoms with E-state index in [9.17, 15) is 9.59 Å². The predicted octanol–water partition coefficient (Wildman–Crippen LogP) is 3.47. The molecular formula is C19H15NO3. The van der Waals surface area contributed by atoms with Crippen LogP contribution in [-0.4, -0.2) is 16.7 Å². The molecule has 3 rings (SSSR count). The molecule has 4 heteroatoms. The number of esters is 1. The monoisotopic (exact) mass is 305 g/mol. The number of pyridine rings is 1. The minimum absolute atomic E-state index is 0.0186. The van der Waals surface area contributed by atoms with Gasteiger partial charge in [-0.05, 0) is 13.0 Å². The van der Waals surface area contributed by atoms with Gasteiger partial charge in [0.25, 0.3) is 5.78 Å². The first-order valence-corrected chi connectivity index (χ1v) is 7.26. The number of ether oxygens (including phenoxy) is 1. The lowest BCUT2D eigenvalue weighted by Gasteiger charge is -2.07. The van der Waals surface area contributed by atoms with Gasteiger partial charge in [0.2, 0.25) is 0 Å². The maximum atomic E-state index is 12.1. The molecule has 0 atom stereocenters. The van der Waals surface area contributed by atoms with Gasteiger partial charge in [-0.15, -0.1) is 0 Å². The van der Waals surface area contributed by atoms with E-state index < -0.39 is 11.8 Å². The average Bonchev–Trinajstić information content (AvgIpc) is 2.59. The third-order valence-electron chi connectivity index (χ3n) is 3.57. The smallest absolute Gasteiger partial charge is 0.380 e. The molecule has 0 bridgehead atoms. The Hall–Kier alpha value is -3.01. The Balaban J connectivity index is 1.73. The Morgan fingerprint density at radius 3 is 2.52 bits per heavy atom. The third-order valence-corrected chi connectivity index (χ3v) is 3.57. The van der Waals surface area contributed by atoms with Crippen molar-refractivity contribution in [1.29, 1.82) is 0 Å². The predicted molar refractivity (Wildman–Crippen MR) is 87.0 cm³/mol. The average molecular weight is 305 g/mol. The fraction of sp³-hybridized carbons (Fsp3) is 0.105. The molecule has 0 aliphatic heterocycles. The number of Topliss-reactive ketones (excluding diaryl/α,β-unsaturated/α-hetero) is 1. The molecule has 114 valence electrons. The Morgan fingerprint density at radius 2 is 1.74 bits per heavy atom. The zero-order valence-corrected chi connectivity index (χ0v) is 12.7. The molecule has 4 nitrogen and oxygen atoms in total. The van der Waals surface area contributed by atoms with E-state index in [-0.39, 0.29) is 6.61 Å². The number of aromatic nitrogens is 1. The summed E-state index contributed by atoms with van der Waals surface area (Å²) in [5, 5.41) is 0.964. The van der Waals surface area contributed by atoms with Gasteiger partial charge in [0.05, 0.1) is 5.52 Å². The van der Waals surface area contributed by atoms with Crippen LogP contribution >= 0.6 is 0 Å². The number of carbonyl (C=O) groups excluding carboxylic acids is 2. The molecule has 0 saturated carbocycles. The number of para-hydroxylation sites is 1. The van der Waals surface area contributed by atoms with E-state index in [4.69, 9.17) is 4.74 Å². The molecule has 0 N–H and O–H groups in total. The minimum atomic E-state index is -0.859. The van der Waals surface area contributed by atoms with Crippen LogP contribution in [-0.2, 0) is 16.1 Å². The van der Waals surface area contributed by atoms with Crippen LogP contribution in [0.2, 0.25) is 0 Å². The number of fused-ring (bicyclic) bond motifs is 1. The molecule has 0 amide bonds. The fourth-order valence-corrected chi connectivity index (χ4v) is 2.32. The molecule has 2 aromatic carbocycles. The maximum absolute atomic E-state index is 12.1. The Kier molecular flexibility index (Phi) is 4.15. The Labute approximate surface area is 133 Å². The highest BCUT2D eigenvalue weighted by Gasteiger charge is 2.18. The summed E-state index contributed by atoms with van der Waals surface area (Å²) in [4.78, 5) is 28.3. The van der Waals surface area contributed by atoms with E-state index in [2.05, 4.69) is 4.98 Å². The van der Waals surface area contributed by atoms with Crippen molar-refractivity contribution in [3.8, 4) is 0 Å². The first kappa shape index (κ1) is 14.9. The number of ketones is 1. The molecule has 0 aliphatic rings. The first-order valence-electron chi connectivity index (χ1n) is 7.26. The van der Waals surface area contributed by atoms with Gasteiger partial charge in [-0.1, -0.05) is 54.1 Å². The summed E-state index contributed by atoms with van der Waals surface area (Å²) in [7, 11) is 0. The van der Waals surface area contributed by atoms with Gasteiger partial charge < -0.3 is 4.74 Å². The highest BCUT2D eigenvalue weighted by Crippen LogP contribution is 2.17. The van der Waals surface area contributed by atoms with Gasteiger partial charge in [-0.25, -0.2) is 4.79 Å². The largest absolute Gasteiger partial charge is 0.455 e. The van der Waals surface area contributed by atoms with Crippen molar-refractivity contribution >= 4 is 22.7 Å². The molecule has 1 aromatic heterocycles. The number of hydrogen-bond donors (Lipinski definition) is 0. The molecule has 23 heavy (non-hydrogen) atoms. The van der Waals surface area contributed by atoms with Gasteiger partial charge in [-0.2, -0.15) is 0 Å². The van der Waals surface area contributed by atoms with Crippen molar-refractivity contribution in [2.75, 3.05) is 0 Å². The second-order valence-corrected chi connectivity index (χ2v) is 5.26. The number of hydrogen-bond acceptors (Lipinski definition) is 4. The molecule has 0 aliphatic carbocycles. The van der Waals surface area contributed by atoms with E-state index in [1.165, 1.54) is 0 Å². The molecule has 1 heterocycles. The van der Waals surface area contributed by atoms with E-state index in [0.717, 1.165) is 22.0 Å². The molecule has 0 unspecified atom stereocenters. The number of benzene rings is 2. The highest BCUT2D eigenvalue weighted by atomic mass is 16.5. The molecule has 3 aromatic rings. The Bertz CT molecular complexity index is 864. The quantitative estimate of drug-likeness (QED) is 0.421. The number of nitrogens with zero attached hydrogens (tertiary/aromatic N) is 1. The fourth-order valence-electron chi connectivity index (χ4n) is 2.32. The second kappa shape index (κ2) is 6.40. The summed E-state index contributed by atoms with van der Waals surface area (Å²) in [5.41, 5.74) is 2.90. The lowest BCUT2D eigenvalue weighted by atomic mass is 10.1. The van der Waals surface area contributed by atoms with Gasteiger partial charge in [0, 0.05) is 22.7 Å². The van der Waals surface area contributed by atoms with Gasteiger partial charge in [0.1, 0.15) is 6.61 Å². The first-order chi connectivity index (χ1) is 11.1. The van der Waals surface area contributed by atoms with Crippen molar-refractivity contribution in [3.05, 3.63) is 77.5 Å². The second-order valence-electron chi connectivity index (χ2n) is 5.26. The van der Waals surface area contributed by atoms with Crippen molar-refractivity contribution < 1.29 is 14.3 Å². The summed E-state index contributed by atoms with van der Waals surface area (Å²) in [5.74, 6) is -1.50. The summed E-state index contributed by atoms with van der Waals surface area (Å²) in [6, 6.07) is 16.2. The maximum Gasteiger partial charge on any atom is 0.380 e. The highest BCUT2D eigenvalue weighted by molar-refractivity contribution is 6.40. The summed E-state index contributed by atoms with van der Waals surface area (Å²) in [6.07, 6.45) is 1.69. The lowest BCUT2D eigenvalue weighted by molar-refractivity contribution is -0.139. The van der Waals surface area contributed by atoms with E-state index >= 15 is 0 Å². The van der Waals surface area contributed by atoms with Crippen molar-refractivity contribution in [2.45, 2.75) is 13.5 Å². The van der Waals surface area contributed by atoms with Gasteiger partial charge in [-0.3, -0.25) is 9.78 Å². The van der Waals surface area contributed by atoms with E-state index in [1.807, 2.05) is 37.3 Å². The van der Waals surface area contributed by atoms with E-state index in [0.29, 0.717) is 5.56 Å². The van der Waals surface area contributed by atoms with Crippen LogP contribution in [0.5, 0.6) is 0 Å². The van der Waals surface area contributed by atoms with Crippen molar-refractivity contribution in [2.24, 2.45) is 0 Å². The SMILES string of the molecule is Cc1ccc(C(=O)C(=O)OCc2cccc3cccnc23)cc1. The van der Waals surface area contributed by atoms with Crippen molar-refractivity contribution in [1.82, 2.24) is 4.98 Å². The van der Waals surface area contributed by atoms with Crippen LogP contribution in [0.4, 0.5) is 0 Å². The summed E-state index contributed by atoms with van der Waals surface area (Å²) < 4.78 is 5.15. The molecule has 0 spiro atoms. The topological polar surface area (TPSA) is 56.3 Å².